The van der Waals surface area contributed by atoms with Crippen molar-refractivity contribution in [2.75, 3.05) is 30.8 Å². The van der Waals surface area contributed by atoms with Crippen molar-refractivity contribution in [3.63, 3.8) is 0 Å². The van der Waals surface area contributed by atoms with Crippen molar-refractivity contribution in [3.05, 3.63) is 58.8 Å². The van der Waals surface area contributed by atoms with Gasteiger partial charge in [-0.1, -0.05) is 23.5 Å². The van der Waals surface area contributed by atoms with Gasteiger partial charge in [0.2, 0.25) is 5.91 Å². The quantitative estimate of drug-likeness (QED) is 0.392. The number of thiazole rings is 1. The Morgan fingerprint density at radius 1 is 1.18 bits per heavy atom. The lowest BCUT2D eigenvalue weighted by Crippen LogP contribution is -2.35. The number of aryl methyl sites for hydroxylation is 1. The maximum Gasteiger partial charge on any atom is 0.264 e. The number of sulfonamides is 1. The van der Waals surface area contributed by atoms with Gasteiger partial charge in [0, 0.05) is 33.1 Å². The molecule has 2 aromatic carbocycles. The zero-order valence-electron chi connectivity index (χ0n) is 23.7. The number of rotatable bonds is 9. The van der Waals surface area contributed by atoms with E-state index in [-0.39, 0.29) is 28.3 Å². The van der Waals surface area contributed by atoms with Gasteiger partial charge in [0.15, 0.2) is 5.13 Å². The van der Waals surface area contributed by atoms with Gasteiger partial charge in [-0.25, -0.2) is 13.4 Å². The van der Waals surface area contributed by atoms with E-state index < -0.39 is 10.0 Å². The number of carbonyl (C=O) groups excluding carboxylic acids is 2. The molecule has 0 radical (unpaired) electrons. The first-order chi connectivity index (χ1) is 18.9. The third-order valence-corrected chi connectivity index (χ3v) is 10.5. The van der Waals surface area contributed by atoms with Crippen LogP contribution >= 0.6 is 11.3 Å². The number of fused-ring (bicyclic) bond motifs is 1. The molecule has 0 bridgehead atoms. The predicted octanol–water partition coefficient (Wildman–Crippen LogP) is 4.72. The summed E-state index contributed by atoms with van der Waals surface area (Å²) in [7, 11) is 1.37. The summed E-state index contributed by atoms with van der Waals surface area (Å²) in [6.07, 6.45) is 2.16. The number of amides is 2. The highest BCUT2D eigenvalue weighted by Gasteiger charge is 2.42. The largest absolute Gasteiger partial charge is 0.331 e. The van der Waals surface area contributed by atoms with Crippen molar-refractivity contribution in [1.82, 2.24) is 14.8 Å². The molecule has 1 N–H and O–H groups in total. The van der Waals surface area contributed by atoms with Gasteiger partial charge in [-0.05, 0) is 87.7 Å². The molecule has 0 spiro atoms. The Morgan fingerprint density at radius 2 is 1.85 bits per heavy atom. The zero-order chi connectivity index (χ0) is 28.9. The smallest absolute Gasteiger partial charge is 0.264 e. The van der Waals surface area contributed by atoms with Gasteiger partial charge in [0.1, 0.15) is 4.90 Å². The van der Waals surface area contributed by atoms with Crippen molar-refractivity contribution in [3.8, 4) is 10.4 Å². The van der Waals surface area contributed by atoms with Crippen LogP contribution in [0.15, 0.2) is 41.3 Å². The third-order valence-electron chi connectivity index (χ3n) is 7.57. The summed E-state index contributed by atoms with van der Waals surface area (Å²) >= 11 is 1.29. The second-order valence-electron chi connectivity index (χ2n) is 11.0. The number of anilines is 2. The van der Waals surface area contributed by atoms with Crippen molar-refractivity contribution in [2.24, 2.45) is 5.92 Å². The highest BCUT2D eigenvalue weighted by Crippen LogP contribution is 2.43. The number of nitrogens with one attached hydrogen (secondary N) is 1. The monoisotopic (exact) mass is 581 g/mol. The minimum absolute atomic E-state index is 0.00996. The van der Waals surface area contributed by atoms with Gasteiger partial charge in [-0.15, -0.1) is 0 Å². The van der Waals surface area contributed by atoms with Crippen LogP contribution in [-0.4, -0.2) is 62.2 Å². The van der Waals surface area contributed by atoms with E-state index in [2.05, 4.69) is 10.3 Å². The maximum absolute atomic E-state index is 14.2. The number of nitrogens with zero attached hydrogens (tertiary/aromatic N) is 4. The Morgan fingerprint density at radius 3 is 2.45 bits per heavy atom. The summed E-state index contributed by atoms with van der Waals surface area (Å²) in [4.78, 5) is 34.4. The molecule has 40 heavy (non-hydrogen) atoms. The minimum atomic E-state index is -4.11. The molecule has 2 amide bonds. The van der Waals surface area contributed by atoms with Crippen LogP contribution in [0.5, 0.6) is 0 Å². The van der Waals surface area contributed by atoms with Crippen molar-refractivity contribution < 1.29 is 18.0 Å². The molecule has 5 rings (SSSR count). The molecule has 212 valence electrons. The van der Waals surface area contributed by atoms with E-state index in [0.717, 1.165) is 29.8 Å². The van der Waals surface area contributed by atoms with E-state index in [1.807, 2.05) is 55.9 Å². The second kappa shape index (κ2) is 10.6. The predicted molar refractivity (Wildman–Crippen MR) is 158 cm³/mol. The summed E-state index contributed by atoms with van der Waals surface area (Å²) in [5.41, 5.74) is 3.85. The van der Waals surface area contributed by atoms with Crippen molar-refractivity contribution in [2.45, 2.75) is 57.6 Å². The van der Waals surface area contributed by atoms with Crippen LogP contribution in [0.2, 0.25) is 0 Å². The molecule has 0 unspecified atom stereocenters. The highest BCUT2D eigenvalue weighted by molar-refractivity contribution is 7.92. The average molecular weight is 582 g/mol. The van der Waals surface area contributed by atoms with Crippen molar-refractivity contribution in [1.29, 1.82) is 0 Å². The number of benzene rings is 2. The van der Waals surface area contributed by atoms with Gasteiger partial charge in [0.25, 0.3) is 15.9 Å². The van der Waals surface area contributed by atoms with Crippen LogP contribution in [0, 0.1) is 12.8 Å². The Labute approximate surface area is 239 Å². The first kappa shape index (κ1) is 28.3. The fourth-order valence-electron chi connectivity index (χ4n) is 5.27. The number of hydrogen-bond donors (Lipinski definition) is 1. The Kier molecular flexibility index (Phi) is 7.49. The van der Waals surface area contributed by atoms with E-state index in [1.54, 1.807) is 18.2 Å². The maximum atomic E-state index is 14.2. The number of aromatic nitrogens is 1. The standard InChI is InChI=1S/C29H35N5O4S2/c1-17-27(39-29(30-17)31-19(3)35)22-13-23-16-34(18(2)21-9-10-21)28(36)26(23)25(14-22)40(37,38)33(6)24-11-7-20(8-12-24)15-32(4)5/h7-8,11-14,18,21H,9-10,15-16H2,1-6H3,(H,30,31,35)/t18-/m0/s1. The van der Waals surface area contributed by atoms with Gasteiger partial charge in [0.05, 0.1) is 21.8 Å². The average Bonchev–Trinajstić information content (AvgIpc) is 3.60. The lowest BCUT2D eigenvalue weighted by Gasteiger charge is -2.24. The molecule has 2 heterocycles. The molecule has 1 fully saturated rings. The minimum Gasteiger partial charge on any atom is -0.331 e. The molecule has 1 aromatic heterocycles. The molecule has 1 atom stereocenters. The van der Waals surface area contributed by atoms with Gasteiger partial charge >= 0.3 is 0 Å². The summed E-state index contributed by atoms with van der Waals surface area (Å²) in [5, 5.41) is 3.16. The molecular weight excluding hydrogens is 546 g/mol. The number of carbonyl (C=O) groups is 2. The van der Waals surface area contributed by atoms with Gasteiger partial charge < -0.3 is 15.1 Å². The van der Waals surface area contributed by atoms with E-state index in [0.29, 0.717) is 40.1 Å². The van der Waals surface area contributed by atoms with Crippen LogP contribution in [0.3, 0.4) is 0 Å². The molecule has 11 heteroatoms. The topological polar surface area (TPSA) is 103 Å². The number of hydrogen-bond acceptors (Lipinski definition) is 7. The first-order valence-corrected chi connectivity index (χ1v) is 15.6. The Balaban J connectivity index is 1.60. The molecule has 0 saturated heterocycles. The summed E-state index contributed by atoms with van der Waals surface area (Å²) in [5.74, 6) is -0.0228. The van der Waals surface area contributed by atoms with E-state index in [9.17, 15) is 18.0 Å². The molecule has 1 aliphatic heterocycles. The van der Waals surface area contributed by atoms with Gasteiger partial charge in [-0.2, -0.15) is 0 Å². The molecule has 1 aliphatic carbocycles. The Bertz CT molecular complexity index is 1580. The SMILES string of the molecule is CC(=O)Nc1nc(C)c(-c2cc3c(c(S(=O)(=O)N(C)c4ccc(CN(C)C)cc4)c2)C(=O)N([C@@H](C)C2CC2)C3)s1. The Hall–Kier alpha value is -3.28. The lowest BCUT2D eigenvalue weighted by molar-refractivity contribution is -0.114. The lowest BCUT2D eigenvalue weighted by atomic mass is 10.0. The fourth-order valence-corrected chi connectivity index (χ4v) is 7.71. The molecular formula is C29H35N5O4S2. The summed E-state index contributed by atoms with van der Waals surface area (Å²) < 4.78 is 29.7. The second-order valence-corrected chi connectivity index (χ2v) is 13.9. The third kappa shape index (κ3) is 5.37. The van der Waals surface area contributed by atoms with E-state index >= 15 is 0 Å². The molecule has 2 aliphatic rings. The van der Waals surface area contributed by atoms with Crippen LogP contribution in [0.1, 0.15) is 53.9 Å². The normalized spacial score (nSPS) is 15.9. The fraction of sp³-hybridized carbons (Fsp3) is 0.414. The van der Waals surface area contributed by atoms with Crippen LogP contribution in [-0.2, 0) is 27.9 Å². The molecule has 9 nitrogen and oxygen atoms in total. The van der Waals surface area contributed by atoms with Gasteiger partial charge in [-0.3, -0.25) is 13.9 Å². The zero-order valence-corrected chi connectivity index (χ0v) is 25.3. The summed E-state index contributed by atoms with van der Waals surface area (Å²) in [6.45, 7) is 6.39. The van der Waals surface area contributed by atoms with E-state index in [4.69, 9.17) is 0 Å². The highest BCUT2D eigenvalue weighted by atomic mass is 32.2. The summed E-state index contributed by atoms with van der Waals surface area (Å²) in [6, 6.07) is 10.9. The van der Waals surface area contributed by atoms with Crippen LogP contribution in [0.25, 0.3) is 10.4 Å². The first-order valence-electron chi connectivity index (χ1n) is 13.3. The molecule has 1 saturated carbocycles. The van der Waals surface area contributed by atoms with E-state index in [1.165, 1.54) is 29.6 Å². The van der Waals surface area contributed by atoms with Crippen molar-refractivity contribution >= 4 is 44.0 Å². The van der Waals surface area contributed by atoms with Crippen LogP contribution < -0.4 is 9.62 Å². The molecule has 3 aromatic rings. The van der Waals surface area contributed by atoms with Crippen LogP contribution in [0.4, 0.5) is 10.8 Å².